The van der Waals surface area contributed by atoms with Crippen molar-refractivity contribution in [3.05, 3.63) is 11.8 Å². The van der Waals surface area contributed by atoms with Crippen molar-refractivity contribution >= 4 is 5.97 Å². The molecule has 2 rings (SSSR count). The fourth-order valence-electron chi connectivity index (χ4n) is 1.49. The van der Waals surface area contributed by atoms with Gasteiger partial charge in [0.2, 0.25) is 5.79 Å². The van der Waals surface area contributed by atoms with Crippen LogP contribution in [0.4, 0.5) is 0 Å². The van der Waals surface area contributed by atoms with E-state index in [-0.39, 0.29) is 12.5 Å². The summed E-state index contributed by atoms with van der Waals surface area (Å²) in [4.78, 5) is 11.2. The van der Waals surface area contributed by atoms with Gasteiger partial charge in [-0.25, -0.2) is 4.79 Å². The Bertz CT molecular complexity index is 303. The summed E-state index contributed by atoms with van der Waals surface area (Å²) >= 11 is 0. The molecule has 0 aromatic carbocycles. The average molecular weight is 214 g/mol. The van der Waals surface area contributed by atoms with Gasteiger partial charge in [-0.1, -0.05) is 0 Å². The second-order valence-corrected chi connectivity index (χ2v) is 4.18. The molecular weight excluding hydrogens is 200 g/mol. The Balaban J connectivity index is 1.98. The zero-order chi connectivity index (χ0) is 11.1. The molecule has 2 heterocycles. The highest BCUT2D eigenvalue weighted by Gasteiger charge is 2.35. The van der Waals surface area contributed by atoms with E-state index < -0.39 is 17.9 Å². The molecule has 2 aliphatic heterocycles. The standard InChI is InChI=1S/C10H14O5/c1-10(2)14-6(4-9(12)15-10)3-7(11)8-5-13-8/h4,7-8,11H,3,5H2,1-2H3/t7-,8+/m0/s1. The Hall–Kier alpha value is -1.07. The van der Waals surface area contributed by atoms with E-state index in [1.54, 1.807) is 13.8 Å². The summed E-state index contributed by atoms with van der Waals surface area (Å²) in [6.07, 6.45) is 0.813. The quantitative estimate of drug-likeness (QED) is 0.541. The second-order valence-electron chi connectivity index (χ2n) is 4.18. The van der Waals surface area contributed by atoms with Gasteiger partial charge in [0.25, 0.3) is 0 Å². The van der Waals surface area contributed by atoms with Crippen molar-refractivity contribution < 1.29 is 24.1 Å². The normalized spacial score (nSPS) is 29.9. The van der Waals surface area contributed by atoms with Crippen LogP contribution in [0.15, 0.2) is 11.8 Å². The van der Waals surface area contributed by atoms with E-state index in [2.05, 4.69) is 0 Å². The molecule has 1 N–H and O–H groups in total. The molecule has 0 spiro atoms. The topological polar surface area (TPSA) is 68.3 Å². The summed E-state index contributed by atoms with van der Waals surface area (Å²) in [5.74, 6) is -0.949. The van der Waals surface area contributed by atoms with Crippen LogP contribution in [0.2, 0.25) is 0 Å². The van der Waals surface area contributed by atoms with Gasteiger partial charge in [-0.15, -0.1) is 0 Å². The highest BCUT2D eigenvalue weighted by molar-refractivity contribution is 5.83. The molecule has 0 aliphatic carbocycles. The third-order valence-corrected chi connectivity index (χ3v) is 2.20. The van der Waals surface area contributed by atoms with Crippen LogP contribution in [-0.2, 0) is 19.0 Å². The fraction of sp³-hybridized carbons (Fsp3) is 0.700. The Morgan fingerprint density at radius 2 is 2.27 bits per heavy atom. The van der Waals surface area contributed by atoms with Gasteiger partial charge >= 0.3 is 5.97 Å². The van der Waals surface area contributed by atoms with Crippen LogP contribution in [0.5, 0.6) is 0 Å². The molecule has 0 amide bonds. The Kier molecular flexibility index (Phi) is 2.44. The molecule has 84 valence electrons. The number of epoxide rings is 1. The molecule has 5 nitrogen and oxygen atoms in total. The maximum Gasteiger partial charge on any atom is 0.337 e. The van der Waals surface area contributed by atoms with E-state index in [0.717, 1.165) is 0 Å². The van der Waals surface area contributed by atoms with Crippen LogP contribution in [0, 0.1) is 0 Å². The zero-order valence-electron chi connectivity index (χ0n) is 8.73. The fourth-order valence-corrected chi connectivity index (χ4v) is 1.49. The number of hydrogen-bond donors (Lipinski definition) is 1. The number of carbonyl (C=O) groups is 1. The largest absolute Gasteiger partial charge is 0.457 e. The number of rotatable bonds is 3. The molecule has 2 aliphatic rings. The number of cyclic esters (lactones) is 1. The molecule has 0 unspecified atom stereocenters. The predicted molar refractivity (Wildman–Crippen MR) is 49.7 cm³/mol. The maximum absolute atomic E-state index is 11.2. The Labute approximate surface area is 87.6 Å². The Morgan fingerprint density at radius 1 is 1.60 bits per heavy atom. The summed E-state index contributed by atoms with van der Waals surface area (Å²) in [7, 11) is 0. The van der Waals surface area contributed by atoms with Crippen LogP contribution in [0.3, 0.4) is 0 Å². The van der Waals surface area contributed by atoms with E-state index in [1.807, 2.05) is 0 Å². The molecule has 5 heteroatoms. The average Bonchev–Trinajstić information content (AvgIpc) is 2.80. The van der Waals surface area contributed by atoms with E-state index in [0.29, 0.717) is 12.4 Å². The van der Waals surface area contributed by atoms with Gasteiger partial charge in [-0.05, 0) is 0 Å². The molecule has 0 aromatic heterocycles. The summed E-state index contributed by atoms with van der Waals surface area (Å²) < 4.78 is 15.2. The van der Waals surface area contributed by atoms with Crippen molar-refractivity contribution in [1.29, 1.82) is 0 Å². The lowest BCUT2D eigenvalue weighted by atomic mass is 10.1. The summed E-state index contributed by atoms with van der Waals surface area (Å²) in [6, 6.07) is 0. The van der Waals surface area contributed by atoms with Crippen LogP contribution >= 0.6 is 0 Å². The van der Waals surface area contributed by atoms with E-state index in [1.165, 1.54) is 6.08 Å². The monoisotopic (exact) mass is 214 g/mol. The lowest BCUT2D eigenvalue weighted by Gasteiger charge is -2.31. The van der Waals surface area contributed by atoms with Crippen molar-refractivity contribution in [1.82, 2.24) is 0 Å². The first-order chi connectivity index (χ1) is 6.96. The predicted octanol–water partition coefficient (Wildman–Crippen LogP) is 0.330. The number of hydrogen-bond acceptors (Lipinski definition) is 5. The molecule has 0 saturated carbocycles. The lowest BCUT2D eigenvalue weighted by molar-refractivity contribution is -0.206. The smallest absolute Gasteiger partial charge is 0.337 e. The van der Waals surface area contributed by atoms with Crippen molar-refractivity contribution in [3.8, 4) is 0 Å². The van der Waals surface area contributed by atoms with E-state index in [4.69, 9.17) is 14.2 Å². The van der Waals surface area contributed by atoms with Crippen LogP contribution in [0.1, 0.15) is 20.3 Å². The number of aliphatic hydroxyl groups is 1. The number of carbonyl (C=O) groups excluding carboxylic acids is 1. The van der Waals surface area contributed by atoms with E-state index in [9.17, 15) is 9.90 Å². The molecule has 2 atom stereocenters. The minimum absolute atomic E-state index is 0.115. The summed E-state index contributed by atoms with van der Waals surface area (Å²) in [5, 5.41) is 9.60. The van der Waals surface area contributed by atoms with Gasteiger partial charge in [-0.2, -0.15) is 0 Å². The maximum atomic E-state index is 11.2. The molecule has 1 saturated heterocycles. The first-order valence-electron chi connectivity index (χ1n) is 4.88. The van der Waals surface area contributed by atoms with Crippen molar-refractivity contribution in [2.24, 2.45) is 0 Å². The minimum atomic E-state index is -0.953. The molecule has 0 radical (unpaired) electrons. The first-order valence-corrected chi connectivity index (χ1v) is 4.88. The highest BCUT2D eigenvalue weighted by Crippen LogP contribution is 2.27. The van der Waals surface area contributed by atoms with Gasteiger partial charge in [-0.3, -0.25) is 0 Å². The summed E-state index contributed by atoms with van der Waals surface area (Å²) in [6.45, 7) is 3.87. The van der Waals surface area contributed by atoms with Crippen LogP contribution in [-0.4, -0.2) is 35.7 Å². The first kappa shape index (κ1) is 10.4. The van der Waals surface area contributed by atoms with Gasteiger partial charge in [0, 0.05) is 20.3 Å². The minimum Gasteiger partial charge on any atom is -0.457 e. The lowest BCUT2D eigenvalue weighted by Crippen LogP contribution is -2.35. The van der Waals surface area contributed by atoms with Gasteiger partial charge in [0.1, 0.15) is 11.9 Å². The van der Waals surface area contributed by atoms with Gasteiger partial charge in [0.05, 0.1) is 18.8 Å². The third-order valence-electron chi connectivity index (χ3n) is 2.20. The zero-order valence-corrected chi connectivity index (χ0v) is 8.73. The molecule has 1 fully saturated rings. The number of aliphatic hydroxyl groups excluding tert-OH is 1. The molecular formula is C10H14O5. The van der Waals surface area contributed by atoms with Crippen molar-refractivity contribution in [3.63, 3.8) is 0 Å². The Morgan fingerprint density at radius 3 is 2.80 bits per heavy atom. The number of esters is 1. The van der Waals surface area contributed by atoms with Crippen molar-refractivity contribution in [2.75, 3.05) is 6.61 Å². The van der Waals surface area contributed by atoms with Crippen molar-refractivity contribution in [2.45, 2.75) is 38.3 Å². The molecule has 15 heavy (non-hydrogen) atoms. The molecule has 0 bridgehead atoms. The number of ether oxygens (including phenoxy) is 3. The van der Waals surface area contributed by atoms with Crippen LogP contribution < -0.4 is 0 Å². The van der Waals surface area contributed by atoms with E-state index >= 15 is 0 Å². The van der Waals surface area contributed by atoms with Gasteiger partial charge in [0.15, 0.2) is 0 Å². The van der Waals surface area contributed by atoms with Gasteiger partial charge < -0.3 is 19.3 Å². The van der Waals surface area contributed by atoms with Crippen LogP contribution in [0.25, 0.3) is 0 Å². The molecule has 0 aromatic rings. The SMILES string of the molecule is CC1(C)OC(=O)C=C(C[C@H](O)[C@H]2CO2)O1. The second kappa shape index (κ2) is 3.50. The summed E-state index contributed by atoms with van der Waals surface area (Å²) in [5.41, 5.74) is 0. The third kappa shape index (κ3) is 2.70. The highest BCUT2D eigenvalue weighted by atomic mass is 16.7.